The van der Waals surface area contributed by atoms with Gasteiger partial charge in [-0.05, 0) is 38.4 Å². The first-order chi connectivity index (χ1) is 5.36. The van der Waals surface area contributed by atoms with E-state index in [4.69, 9.17) is 10.4 Å². The highest BCUT2D eigenvalue weighted by molar-refractivity contribution is 6.23. The van der Waals surface area contributed by atoms with Gasteiger partial charge in [-0.1, -0.05) is 0 Å². The maximum absolute atomic E-state index is 5.59. The zero-order valence-electron chi connectivity index (χ0n) is 7.25. The molecular weight excluding hydrogens is 139 g/mol. The predicted molar refractivity (Wildman–Crippen MR) is 47.5 cm³/mol. The highest BCUT2D eigenvalue weighted by atomic mass is 16.4. The van der Waals surface area contributed by atoms with Crippen LogP contribution in [0.5, 0.6) is 0 Å². The third kappa shape index (κ3) is 2.81. The van der Waals surface area contributed by atoms with Crippen molar-refractivity contribution in [2.75, 3.05) is 26.7 Å². The fourth-order valence-electron chi connectivity index (χ4n) is 1.64. The van der Waals surface area contributed by atoms with Gasteiger partial charge in [-0.15, -0.1) is 0 Å². The van der Waals surface area contributed by atoms with E-state index in [1.165, 1.54) is 19.4 Å². The van der Waals surface area contributed by atoms with Crippen molar-refractivity contribution in [3.05, 3.63) is 0 Å². The molecule has 0 amide bonds. The summed E-state index contributed by atoms with van der Waals surface area (Å²) in [4.78, 5) is 2.32. The second-order valence-corrected chi connectivity index (χ2v) is 3.24. The normalized spacial score (nSPS) is 26.9. The molecule has 1 aliphatic heterocycles. The van der Waals surface area contributed by atoms with Crippen LogP contribution >= 0.6 is 0 Å². The van der Waals surface area contributed by atoms with Crippen molar-refractivity contribution in [1.29, 1.82) is 0 Å². The molecule has 1 aliphatic rings. The molecule has 1 heterocycles. The molecular formula is C7H17BN2O. The highest BCUT2D eigenvalue weighted by Gasteiger charge is 2.18. The van der Waals surface area contributed by atoms with Crippen LogP contribution in [0.15, 0.2) is 0 Å². The van der Waals surface area contributed by atoms with Gasteiger partial charge < -0.3 is 15.2 Å². The van der Waals surface area contributed by atoms with E-state index in [0.29, 0.717) is 5.92 Å². The van der Waals surface area contributed by atoms with Crippen molar-refractivity contribution in [2.24, 2.45) is 11.7 Å². The van der Waals surface area contributed by atoms with Crippen molar-refractivity contribution in [1.82, 2.24) is 4.81 Å². The minimum atomic E-state index is 0.693. The first-order valence-corrected chi connectivity index (χ1v) is 4.28. The molecule has 1 unspecified atom stereocenters. The Labute approximate surface area is 69.2 Å². The Morgan fingerprint density at radius 2 is 2.55 bits per heavy atom. The number of nitrogens with zero attached hydrogens (tertiary/aromatic N) is 1. The average molecular weight is 156 g/mol. The lowest BCUT2D eigenvalue weighted by atomic mass is 9.94. The summed E-state index contributed by atoms with van der Waals surface area (Å²) < 4.78 is 5.06. The van der Waals surface area contributed by atoms with Gasteiger partial charge in [0.25, 0.3) is 0 Å². The Kier molecular flexibility index (Phi) is 3.90. The van der Waals surface area contributed by atoms with Crippen LogP contribution in [0.2, 0.25) is 0 Å². The molecule has 0 radical (unpaired) electrons. The number of hydrogen-bond acceptors (Lipinski definition) is 3. The molecule has 2 N–H and O–H groups in total. The molecule has 0 bridgehead atoms. The lowest BCUT2D eigenvalue weighted by Gasteiger charge is -2.30. The van der Waals surface area contributed by atoms with Crippen molar-refractivity contribution in [2.45, 2.75) is 12.8 Å². The Morgan fingerprint density at radius 3 is 3.18 bits per heavy atom. The minimum Gasteiger partial charge on any atom is -0.427 e. The van der Waals surface area contributed by atoms with Gasteiger partial charge in [-0.3, -0.25) is 0 Å². The van der Waals surface area contributed by atoms with Crippen molar-refractivity contribution in [3.8, 4) is 0 Å². The third-order valence-electron chi connectivity index (χ3n) is 2.25. The average Bonchev–Trinajstić information content (AvgIpc) is 2.06. The second kappa shape index (κ2) is 4.75. The molecule has 4 heteroatoms. The summed E-state index contributed by atoms with van der Waals surface area (Å²) in [6.07, 6.45) is 2.56. The van der Waals surface area contributed by atoms with Gasteiger partial charge >= 0.3 is 7.62 Å². The topological polar surface area (TPSA) is 38.5 Å². The Morgan fingerprint density at radius 1 is 1.73 bits per heavy atom. The molecule has 0 aromatic heterocycles. The molecule has 0 aromatic carbocycles. The quantitative estimate of drug-likeness (QED) is 0.563. The van der Waals surface area contributed by atoms with Crippen LogP contribution < -0.4 is 5.73 Å². The van der Waals surface area contributed by atoms with Gasteiger partial charge in [0.15, 0.2) is 0 Å². The van der Waals surface area contributed by atoms with Crippen molar-refractivity contribution >= 4 is 7.62 Å². The SMILES string of the molecule is COBN1CCCC(CN)C1. The number of piperidine rings is 1. The Bertz CT molecular complexity index is 111. The van der Waals surface area contributed by atoms with Gasteiger partial charge in [-0.25, -0.2) is 0 Å². The largest absolute Gasteiger partial charge is 0.427 e. The van der Waals surface area contributed by atoms with Gasteiger partial charge in [0, 0.05) is 7.11 Å². The van der Waals surface area contributed by atoms with Crippen LogP contribution in [0, 0.1) is 5.92 Å². The van der Waals surface area contributed by atoms with E-state index < -0.39 is 0 Å². The van der Waals surface area contributed by atoms with Crippen LogP contribution in [-0.2, 0) is 4.65 Å². The molecule has 1 saturated heterocycles. The summed E-state index contributed by atoms with van der Waals surface area (Å²) in [6.45, 7) is 3.11. The predicted octanol–water partition coefficient (Wildman–Crippen LogP) is -0.430. The molecule has 0 saturated carbocycles. The van der Waals surface area contributed by atoms with E-state index in [2.05, 4.69) is 4.81 Å². The molecule has 64 valence electrons. The zero-order valence-corrected chi connectivity index (χ0v) is 7.25. The molecule has 1 rings (SSSR count). The van der Waals surface area contributed by atoms with Crippen molar-refractivity contribution < 1.29 is 4.65 Å². The van der Waals surface area contributed by atoms with E-state index in [-0.39, 0.29) is 0 Å². The Balaban J connectivity index is 2.21. The molecule has 0 aromatic rings. The number of nitrogens with two attached hydrogens (primary N) is 1. The molecule has 0 spiro atoms. The fourth-order valence-corrected chi connectivity index (χ4v) is 1.64. The van der Waals surface area contributed by atoms with Gasteiger partial charge in [0.1, 0.15) is 0 Å². The third-order valence-corrected chi connectivity index (χ3v) is 2.25. The minimum absolute atomic E-state index is 0.693. The van der Waals surface area contributed by atoms with Gasteiger partial charge in [0.05, 0.1) is 0 Å². The van der Waals surface area contributed by atoms with E-state index in [0.717, 1.165) is 20.7 Å². The summed E-state index contributed by atoms with van der Waals surface area (Å²) in [5.41, 5.74) is 5.59. The molecule has 1 atom stereocenters. The number of hydrogen-bond donors (Lipinski definition) is 1. The van der Waals surface area contributed by atoms with Gasteiger partial charge in [0.2, 0.25) is 0 Å². The molecule has 3 nitrogen and oxygen atoms in total. The van der Waals surface area contributed by atoms with Crippen LogP contribution in [-0.4, -0.2) is 39.2 Å². The van der Waals surface area contributed by atoms with Crippen LogP contribution in [0.3, 0.4) is 0 Å². The highest BCUT2D eigenvalue weighted by Crippen LogP contribution is 2.13. The summed E-state index contributed by atoms with van der Waals surface area (Å²) in [7, 11) is 2.50. The van der Waals surface area contributed by atoms with E-state index >= 15 is 0 Å². The Hall–Kier alpha value is -0.0551. The van der Waals surface area contributed by atoms with E-state index in [9.17, 15) is 0 Å². The molecule has 11 heavy (non-hydrogen) atoms. The molecule has 0 aliphatic carbocycles. The lowest BCUT2D eigenvalue weighted by molar-refractivity contribution is 0.244. The number of rotatable bonds is 3. The standard InChI is InChI=1S/C7H17BN2O/c1-11-8-10-4-2-3-7(5-9)6-10/h7-8H,2-6,9H2,1H3. The smallest absolute Gasteiger partial charge is 0.363 e. The maximum atomic E-state index is 5.59. The van der Waals surface area contributed by atoms with Gasteiger partial charge in [-0.2, -0.15) is 0 Å². The fraction of sp³-hybridized carbons (Fsp3) is 1.00. The van der Waals surface area contributed by atoms with Crippen molar-refractivity contribution in [3.63, 3.8) is 0 Å². The monoisotopic (exact) mass is 156 g/mol. The van der Waals surface area contributed by atoms with Crippen LogP contribution in [0.4, 0.5) is 0 Å². The van der Waals surface area contributed by atoms with Crippen LogP contribution in [0.1, 0.15) is 12.8 Å². The second-order valence-electron chi connectivity index (χ2n) is 3.24. The lowest BCUT2D eigenvalue weighted by Crippen LogP contribution is -2.41. The summed E-state index contributed by atoms with van der Waals surface area (Å²) in [6, 6.07) is 0. The first kappa shape index (κ1) is 9.04. The maximum Gasteiger partial charge on any atom is 0.363 e. The van der Waals surface area contributed by atoms with E-state index in [1.807, 2.05) is 0 Å². The molecule has 1 fully saturated rings. The summed E-state index contributed by atoms with van der Waals surface area (Å²) in [5, 5.41) is 0. The summed E-state index contributed by atoms with van der Waals surface area (Å²) in [5.74, 6) is 0.693. The summed E-state index contributed by atoms with van der Waals surface area (Å²) >= 11 is 0. The van der Waals surface area contributed by atoms with E-state index in [1.54, 1.807) is 7.11 Å². The zero-order chi connectivity index (χ0) is 8.10. The first-order valence-electron chi connectivity index (χ1n) is 4.28. The van der Waals surface area contributed by atoms with Crippen LogP contribution in [0.25, 0.3) is 0 Å².